The number of carbonyl (C=O) groups excluding carboxylic acids is 1. The minimum Gasteiger partial charge on any atom is -0.391 e. The van der Waals surface area contributed by atoms with E-state index >= 15 is 0 Å². The number of hydrogen-bond acceptors (Lipinski definition) is 6. The Morgan fingerprint density at radius 3 is 2.82 bits per heavy atom. The molecule has 0 saturated heterocycles. The van der Waals surface area contributed by atoms with Gasteiger partial charge in [0.1, 0.15) is 0 Å². The van der Waals surface area contributed by atoms with E-state index in [1.54, 1.807) is 24.3 Å². The summed E-state index contributed by atoms with van der Waals surface area (Å²) in [6.45, 7) is 0. The van der Waals surface area contributed by atoms with Crippen molar-refractivity contribution in [2.45, 2.75) is 6.04 Å². The fourth-order valence-corrected chi connectivity index (χ4v) is 3.44. The SMILES string of the molecule is O=Nc1c(OC(=O)NC2C=CS(=O)(=O)C2)[nH]c2ccccc12. The Bertz CT molecular complexity index is 884. The van der Waals surface area contributed by atoms with Crippen LogP contribution in [0.3, 0.4) is 0 Å². The number of benzene rings is 1. The van der Waals surface area contributed by atoms with Gasteiger partial charge in [-0.05, 0) is 17.3 Å². The predicted octanol–water partition coefficient (Wildman–Crippen LogP) is 1.96. The Balaban J connectivity index is 1.77. The molecule has 2 aromatic rings. The molecular formula is C13H11N3O5S. The number of rotatable bonds is 3. The number of H-pyrrole nitrogens is 1. The Kier molecular flexibility index (Phi) is 3.41. The highest BCUT2D eigenvalue weighted by molar-refractivity contribution is 7.94. The maximum absolute atomic E-state index is 11.8. The molecule has 1 aliphatic heterocycles. The van der Waals surface area contributed by atoms with Gasteiger partial charge < -0.3 is 15.0 Å². The zero-order valence-corrected chi connectivity index (χ0v) is 12.0. The standard InChI is InChI=1S/C13H11N3O5S/c17-13(14-8-5-6-22(19,20)7-8)21-12-11(16-18)9-3-1-2-4-10(9)15-12/h1-6,8,15H,7H2,(H,14,17). The highest BCUT2D eigenvalue weighted by Gasteiger charge is 2.24. The fourth-order valence-electron chi connectivity index (χ4n) is 2.21. The first-order valence-corrected chi connectivity index (χ1v) is 8.03. The number of aromatic nitrogens is 1. The number of amides is 1. The predicted molar refractivity (Wildman–Crippen MR) is 79.6 cm³/mol. The van der Waals surface area contributed by atoms with Crippen LogP contribution in [0.25, 0.3) is 10.9 Å². The van der Waals surface area contributed by atoms with Gasteiger partial charge >= 0.3 is 6.09 Å². The molecule has 3 rings (SSSR count). The molecule has 1 aromatic carbocycles. The molecule has 1 aliphatic rings. The first-order chi connectivity index (χ1) is 10.5. The number of carbonyl (C=O) groups is 1. The lowest BCUT2D eigenvalue weighted by Gasteiger charge is -2.09. The summed E-state index contributed by atoms with van der Waals surface area (Å²) in [7, 11) is -3.27. The van der Waals surface area contributed by atoms with Gasteiger partial charge in [-0.3, -0.25) is 0 Å². The molecule has 22 heavy (non-hydrogen) atoms. The van der Waals surface area contributed by atoms with Gasteiger partial charge in [0, 0.05) is 10.8 Å². The second kappa shape index (κ2) is 5.26. The minimum absolute atomic E-state index is 0.0136. The zero-order chi connectivity index (χ0) is 15.7. The van der Waals surface area contributed by atoms with Gasteiger partial charge in [-0.25, -0.2) is 13.2 Å². The second-order valence-corrected chi connectivity index (χ2v) is 6.67. The van der Waals surface area contributed by atoms with Crippen molar-refractivity contribution < 1.29 is 17.9 Å². The second-order valence-electron chi connectivity index (χ2n) is 4.74. The molecule has 0 spiro atoms. The van der Waals surface area contributed by atoms with Gasteiger partial charge in [-0.15, -0.1) is 4.91 Å². The lowest BCUT2D eigenvalue weighted by atomic mass is 10.2. The third-order valence-corrected chi connectivity index (χ3v) is 4.56. The molecular weight excluding hydrogens is 310 g/mol. The highest BCUT2D eigenvalue weighted by Crippen LogP contribution is 2.35. The summed E-state index contributed by atoms with van der Waals surface area (Å²) in [6, 6.07) is 6.20. The average molecular weight is 321 g/mol. The van der Waals surface area contributed by atoms with Crippen LogP contribution in [0.5, 0.6) is 5.88 Å². The van der Waals surface area contributed by atoms with Crippen molar-refractivity contribution in [2.24, 2.45) is 5.18 Å². The maximum atomic E-state index is 11.8. The summed E-state index contributed by atoms with van der Waals surface area (Å²) in [6.07, 6.45) is 0.490. The van der Waals surface area contributed by atoms with Crippen molar-refractivity contribution in [3.05, 3.63) is 40.7 Å². The highest BCUT2D eigenvalue weighted by atomic mass is 32.2. The van der Waals surface area contributed by atoms with Crippen LogP contribution >= 0.6 is 0 Å². The first-order valence-electron chi connectivity index (χ1n) is 6.32. The number of aromatic amines is 1. The Morgan fingerprint density at radius 1 is 1.36 bits per heavy atom. The number of nitrogens with zero attached hydrogens (tertiary/aromatic N) is 1. The van der Waals surface area contributed by atoms with E-state index < -0.39 is 22.0 Å². The summed E-state index contributed by atoms with van der Waals surface area (Å²) in [5.74, 6) is -0.299. The van der Waals surface area contributed by atoms with E-state index in [9.17, 15) is 18.1 Å². The molecule has 0 fully saturated rings. The summed E-state index contributed by atoms with van der Waals surface area (Å²) in [5.41, 5.74) is 0.587. The molecule has 0 radical (unpaired) electrons. The number of para-hydroxylation sites is 1. The zero-order valence-electron chi connectivity index (χ0n) is 11.1. The molecule has 1 amide bonds. The summed E-state index contributed by atoms with van der Waals surface area (Å²) in [4.78, 5) is 25.5. The van der Waals surface area contributed by atoms with E-state index in [1.807, 2.05) is 0 Å². The van der Waals surface area contributed by atoms with Crippen LogP contribution in [0.1, 0.15) is 0 Å². The van der Waals surface area contributed by atoms with Crippen molar-refractivity contribution in [3.63, 3.8) is 0 Å². The summed E-state index contributed by atoms with van der Waals surface area (Å²) >= 11 is 0. The van der Waals surface area contributed by atoms with Gasteiger partial charge in [0.15, 0.2) is 15.5 Å². The first kappa shape index (κ1) is 14.3. The smallest absolute Gasteiger partial charge is 0.391 e. The van der Waals surface area contributed by atoms with Crippen LogP contribution in [-0.2, 0) is 9.84 Å². The van der Waals surface area contributed by atoms with Crippen molar-refractivity contribution in [1.29, 1.82) is 0 Å². The van der Waals surface area contributed by atoms with E-state index in [0.717, 1.165) is 5.41 Å². The minimum atomic E-state index is -3.27. The topological polar surface area (TPSA) is 118 Å². The lowest BCUT2D eigenvalue weighted by Crippen LogP contribution is -2.37. The van der Waals surface area contributed by atoms with Crippen LogP contribution < -0.4 is 10.1 Å². The van der Waals surface area contributed by atoms with Gasteiger partial charge in [0.05, 0.1) is 17.3 Å². The van der Waals surface area contributed by atoms with Gasteiger partial charge in [0.2, 0.25) is 5.88 Å². The number of hydrogen-bond donors (Lipinski definition) is 2. The van der Waals surface area contributed by atoms with Crippen molar-refractivity contribution in [3.8, 4) is 5.88 Å². The van der Waals surface area contributed by atoms with E-state index in [2.05, 4.69) is 15.5 Å². The third-order valence-electron chi connectivity index (χ3n) is 3.16. The monoisotopic (exact) mass is 321 g/mol. The van der Waals surface area contributed by atoms with E-state index in [-0.39, 0.29) is 17.3 Å². The van der Waals surface area contributed by atoms with E-state index in [0.29, 0.717) is 10.9 Å². The summed E-state index contributed by atoms with van der Waals surface area (Å²) in [5, 5.41) is 6.83. The molecule has 2 N–H and O–H groups in total. The number of ether oxygens (including phenoxy) is 1. The Hall–Kier alpha value is -2.68. The molecule has 1 aromatic heterocycles. The summed E-state index contributed by atoms with van der Waals surface area (Å²) < 4.78 is 27.5. The molecule has 1 unspecified atom stereocenters. The van der Waals surface area contributed by atoms with Crippen LogP contribution in [-0.4, -0.2) is 31.3 Å². The molecule has 0 saturated carbocycles. The Labute approximate surface area is 125 Å². The van der Waals surface area contributed by atoms with E-state index in [1.165, 1.54) is 6.08 Å². The average Bonchev–Trinajstić information content (AvgIpc) is 2.97. The lowest BCUT2D eigenvalue weighted by molar-refractivity contribution is 0.197. The normalized spacial score (nSPS) is 19.2. The molecule has 114 valence electrons. The molecule has 0 aliphatic carbocycles. The largest absolute Gasteiger partial charge is 0.414 e. The van der Waals surface area contributed by atoms with E-state index in [4.69, 9.17) is 4.74 Å². The van der Waals surface area contributed by atoms with Crippen LogP contribution in [0.4, 0.5) is 10.5 Å². The van der Waals surface area contributed by atoms with Crippen molar-refractivity contribution in [1.82, 2.24) is 10.3 Å². The Morgan fingerprint density at radius 2 is 2.14 bits per heavy atom. The van der Waals surface area contributed by atoms with Crippen molar-refractivity contribution >= 4 is 32.5 Å². The van der Waals surface area contributed by atoms with Gasteiger partial charge in [-0.1, -0.05) is 18.2 Å². The fraction of sp³-hybridized carbons (Fsp3) is 0.154. The number of nitrogens with one attached hydrogen (secondary N) is 2. The van der Waals surface area contributed by atoms with Crippen LogP contribution in [0.15, 0.2) is 40.9 Å². The number of nitroso groups, excluding NO2 is 1. The van der Waals surface area contributed by atoms with Crippen LogP contribution in [0, 0.1) is 4.91 Å². The molecule has 8 nitrogen and oxygen atoms in total. The van der Waals surface area contributed by atoms with Gasteiger partial charge in [-0.2, -0.15) is 0 Å². The number of fused-ring (bicyclic) bond motifs is 1. The quantitative estimate of drug-likeness (QED) is 0.838. The van der Waals surface area contributed by atoms with Gasteiger partial charge in [0.25, 0.3) is 0 Å². The molecule has 0 bridgehead atoms. The van der Waals surface area contributed by atoms with Crippen LogP contribution in [0.2, 0.25) is 0 Å². The maximum Gasteiger partial charge on any atom is 0.414 e. The number of sulfone groups is 1. The molecule has 1 atom stereocenters. The third kappa shape index (κ3) is 2.70. The van der Waals surface area contributed by atoms with Crippen molar-refractivity contribution in [2.75, 3.05) is 5.75 Å². The molecule has 9 heteroatoms. The molecule has 2 heterocycles.